The summed E-state index contributed by atoms with van der Waals surface area (Å²) in [4.78, 5) is 13.1. The summed E-state index contributed by atoms with van der Waals surface area (Å²) in [6, 6.07) is 0. The van der Waals surface area contributed by atoms with Gasteiger partial charge in [0.15, 0.2) is 0 Å². The molecule has 0 bridgehead atoms. The Bertz CT molecular complexity index is 334. The van der Waals surface area contributed by atoms with Gasteiger partial charge in [0.1, 0.15) is 9.84 Å². The fraction of sp³-hybridized carbons (Fsp3) is 0.900. The Morgan fingerprint density at radius 1 is 1.31 bits per heavy atom. The van der Waals surface area contributed by atoms with E-state index in [1.807, 2.05) is 13.8 Å². The predicted octanol–water partition coefficient (Wildman–Crippen LogP) is -0.265. The van der Waals surface area contributed by atoms with Crippen LogP contribution in [0.1, 0.15) is 13.8 Å². The van der Waals surface area contributed by atoms with E-state index < -0.39 is 15.3 Å². The summed E-state index contributed by atoms with van der Waals surface area (Å²) in [5.74, 6) is -0.0195. The van der Waals surface area contributed by atoms with Gasteiger partial charge in [-0.2, -0.15) is 0 Å². The normalized spacial score (nSPS) is 12.9. The first-order chi connectivity index (χ1) is 7.02. The maximum Gasteiger partial charge on any atom is 0.234 e. The van der Waals surface area contributed by atoms with Crippen molar-refractivity contribution in [3.8, 4) is 0 Å². The number of likely N-dealkylation sites (N-methyl/N-ethyl adjacent to an activating group) is 1. The van der Waals surface area contributed by atoms with Gasteiger partial charge in [0.2, 0.25) is 5.91 Å². The number of carbonyl (C=O) groups excluding carboxylic acids is 1. The first kappa shape index (κ1) is 15.4. The van der Waals surface area contributed by atoms with Gasteiger partial charge in [0.25, 0.3) is 0 Å². The van der Waals surface area contributed by atoms with Gasteiger partial charge >= 0.3 is 0 Å². The third-order valence-corrected chi connectivity index (χ3v) is 3.18. The van der Waals surface area contributed by atoms with Crippen molar-refractivity contribution in [1.82, 2.24) is 10.2 Å². The van der Waals surface area contributed by atoms with E-state index in [-0.39, 0.29) is 11.7 Å². The van der Waals surface area contributed by atoms with E-state index in [0.29, 0.717) is 13.1 Å². The number of nitrogens with one attached hydrogen (secondary N) is 1. The highest BCUT2D eigenvalue weighted by Gasteiger charge is 2.24. The Hall–Kier alpha value is -0.620. The molecule has 0 aromatic carbocycles. The molecule has 0 aliphatic heterocycles. The molecule has 0 saturated carbocycles. The van der Waals surface area contributed by atoms with Crippen LogP contribution >= 0.6 is 0 Å². The minimum atomic E-state index is -3.01. The molecule has 6 heteroatoms. The summed E-state index contributed by atoms with van der Waals surface area (Å²) >= 11 is 0. The van der Waals surface area contributed by atoms with Crippen molar-refractivity contribution in [2.75, 3.05) is 39.2 Å². The van der Waals surface area contributed by atoms with E-state index in [2.05, 4.69) is 5.32 Å². The van der Waals surface area contributed by atoms with Crippen LogP contribution in [-0.2, 0) is 14.6 Å². The van der Waals surface area contributed by atoms with E-state index in [1.165, 1.54) is 6.26 Å². The maximum absolute atomic E-state index is 11.4. The predicted molar refractivity (Wildman–Crippen MR) is 65.1 cm³/mol. The minimum absolute atomic E-state index is 0.0717. The van der Waals surface area contributed by atoms with Crippen molar-refractivity contribution in [2.24, 2.45) is 5.41 Å². The highest BCUT2D eigenvalue weighted by Crippen LogP contribution is 2.15. The third kappa shape index (κ3) is 8.67. The molecule has 0 unspecified atom stereocenters. The molecule has 0 atom stereocenters. The molecule has 0 aromatic heterocycles. The molecular formula is C10H22N2O3S. The van der Waals surface area contributed by atoms with Crippen LogP contribution in [0.2, 0.25) is 0 Å². The van der Waals surface area contributed by atoms with Crippen LogP contribution in [0.15, 0.2) is 0 Å². The molecule has 0 aliphatic rings. The van der Waals surface area contributed by atoms with Gasteiger partial charge < -0.3 is 10.2 Å². The van der Waals surface area contributed by atoms with Crippen molar-refractivity contribution >= 4 is 15.7 Å². The van der Waals surface area contributed by atoms with Gasteiger partial charge in [-0.1, -0.05) is 13.8 Å². The fourth-order valence-electron chi connectivity index (χ4n) is 1.44. The van der Waals surface area contributed by atoms with Crippen LogP contribution in [0.4, 0.5) is 0 Å². The summed E-state index contributed by atoms with van der Waals surface area (Å²) in [6.07, 6.45) is 1.20. The van der Waals surface area contributed by atoms with Gasteiger partial charge in [0, 0.05) is 12.8 Å². The molecule has 16 heavy (non-hydrogen) atoms. The summed E-state index contributed by atoms with van der Waals surface area (Å²) < 4.78 is 22.3. The Labute approximate surface area is 98.1 Å². The Morgan fingerprint density at radius 3 is 2.19 bits per heavy atom. The average Bonchev–Trinajstić information content (AvgIpc) is 1.95. The molecule has 1 amide bonds. The number of sulfone groups is 1. The molecule has 1 N–H and O–H groups in total. The zero-order chi connectivity index (χ0) is 13.0. The van der Waals surface area contributed by atoms with Crippen LogP contribution < -0.4 is 5.32 Å². The second kappa shape index (κ2) is 5.63. The summed E-state index contributed by atoms with van der Waals surface area (Å²) in [6.45, 7) is 4.33. The smallest absolute Gasteiger partial charge is 0.234 e. The van der Waals surface area contributed by atoms with Crippen molar-refractivity contribution in [3.63, 3.8) is 0 Å². The summed E-state index contributed by atoms with van der Waals surface area (Å²) in [5.41, 5.74) is -0.435. The SMILES string of the molecule is CN(C)CC(=O)NCC(C)(C)CS(C)(=O)=O. The van der Waals surface area contributed by atoms with Crippen molar-refractivity contribution < 1.29 is 13.2 Å². The fourth-order valence-corrected chi connectivity index (χ4v) is 2.96. The Kier molecular flexibility index (Phi) is 5.41. The Morgan fingerprint density at radius 2 is 1.81 bits per heavy atom. The first-order valence-corrected chi connectivity index (χ1v) is 7.17. The van der Waals surface area contributed by atoms with Gasteiger partial charge in [-0.15, -0.1) is 0 Å². The zero-order valence-electron chi connectivity index (χ0n) is 10.7. The van der Waals surface area contributed by atoms with E-state index in [4.69, 9.17) is 0 Å². The van der Waals surface area contributed by atoms with Crippen molar-refractivity contribution in [3.05, 3.63) is 0 Å². The molecule has 96 valence electrons. The molecule has 0 fully saturated rings. The lowest BCUT2D eigenvalue weighted by atomic mass is 9.96. The van der Waals surface area contributed by atoms with Gasteiger partial charge in [-0.25, -0.2) is 8.42 Å². The van der Waals surface area contributed by atoms with Crippen LogP contribution in [0, 0.1) is 5.41 Å². The molecule has 0 heterocycles. The molecule has 0 aromatic rings. The molecule has 0 aliphatic carbocycles. The summed E-state index contributed by atoms with van der Waals surface area (Å²) in [7, 11) is 0.599. The molecule has 5 nitrogen and oxygen atoms in total. The molecule has 0 saturated heterocycles. The zero-order valence-corrected chi connectivity index (χ0v) is 11.5. The molecule has 0 spiro atoms. The topological polar surface area (TPSA) is 66.5 Å². The lowest BCUT2D eigenvalue weighted by Crippen LogP contribution is -2.41. The number of nitrogens with zero attached hydrogens (tertiary/aromatic N) is 1. The number of carbonyl (C=O) groups is 1. The standard InChI is InChI=1S/C10H22N2O3S/c1-10(2,8-16(5,14)15)7-11-9(13)6-12(3)4/h6-8H2,1-5H3,(H,11,13). The second-order valence-corrected chi connectivity index (χ2v) is 7.39. The van der Waals surface area contributed by atoms with E-state index >= 15 is 0 Å². The number of rotatable bonds is 6. The highest BCUT2D eigenvalue weighted by atomic mass is 32.2. The van der Waals surface area contributed by atoms with E-state index in [9.17, 15) is 13.2 Å². The average molecular weight is 250 g/mol. The van der Waals surface area contributed by atoms with E-state index in [0.717, 1.165) is 0 Å². The molecule has 0 radical (unpaired) electrons. The first-order valence-electron chi connectivity index (χ1n) is 5.11. The lowest BCUT2D eigenvalue weighted by Gasteiger charge is -2.24. The Balaban J connectivity index is 4.14. The van der Waals surface area contributed by atoms with Crippen LogP contribution in [0.5, 0.6) is 0 Å². The second-order valence-electron chi connectivity index (χ2n) is 5.25. The monoisotopic (exact) mass is 250 g/mol. The van der Waals surface area contributed by atoms with Crippen molar-refractivity contribution in [2.45, 2.75) is 13.8 Å². The number of amides is 1. The van der Waals surface area contributed by atoms with Crippen molar-refractivity contribution in [1.29, 1.82) is 0 Å². The van der Waals surface area contributed by atoms with Crippen LogP contribution in [0.25, 0.3) is 0 Å². The quantitative estimate of drug-likeness (QED) is 0.705. The maximum atomic E-state index is 11.4. The molecule has 0 rings (SSSR count). The molecular weight excluding hydrogens is 228 g/mol. The minimum Gasteiger partial charge on any atom is -0.354 e. The number of hydrogen-bond donors (Lipinski definition) is 1. The van der Waals surface area contributed by atoms with Crippen LogP contribution in [-0.4, -0.2) is 58.4 Å². The van der Waals surface area contributed by atoms with Gasteiger partial charge in [-0.3, -0.25) is 4.79 Å². The summed E-state index contributed by atoms with van der Waals surface area (Å²) in [5, 5.41) is 2.73. The van der Waals surface area contributed by atoms with Crippen LogP contribution in [0.3, 0.4) is 0 Å². The highest BCUT2D eigenvalue weighted by molar-refractivity contribution is 7.90. The van der Waals surface area contributed by atoms with Gasteiger partial charge in [-0.05, 0) is 19.5 Å². The lowest BCUT2D eigenvalue weighted by molar-refractivity contribution is -0.122. The third-order valence-electron chi connectivity index (χ3n) is 1.88. The van der Waals surface area contributed by atoms with Gasteiger partial charge in [0.05, 0.1) is 12.3 Å². The largest absolute Gasteiger partial charge is 0.354 e. The number of hydrogen-bond acceptors (Lipinski definition) is 4. The van der Waals surface area contributed by atoms with E-state index in [1.54, 1.807) is 19.0 Å².